The summed E-state index contributed by atoms with van der Waals surface area (Å²) in [5.74, 6) is 0.746. The number of rotatable bonds is 4. The molecule has 0 amide bonds. The van der Waals surface area contributed by atoms with Gasteiger partial charge in [0.25, 0.3) is 0 Å². The molecule has 0 spiro atoms. The first-order valence-electron chi connectivity index (χ1n) is 6.53. The molecule has 2 atom stereocenters. The first kappa shape index (κ1) is 12.6. The Hall–Kier alpha value is -0.860. The van der Waals surface area contributed by atoms with Gasteiger partial charge in [-0.05, 0) is 37.7 Å². The average Bonchev–Trinajstić information content (AvgIpc) is 2.70. The van der Waals surface area contributed by atoms with Crippen LogP contribution in [0.5, 0.6) is 0 Å². The van der Waals surface area contributed by atoms with E-state index >= 15 is 0 Å². The summed E-state index contributed by atoms with van der Waals surface area (Å²) in [6.07, 6.45) is 3.46. The Morgan fingerprint density at radius 3 is 2.88 bits per heavy atom. The van der Waals surface area contributed by atoms with Crippen LogP contribution in [0.15, 0.2) is 24.3 Å². The van der Waals surface area contributed by atoms with Crippen LogP contribution in [0.4, 0.5) is 0 Å². The largest absolute Gasteiger partial charge is 0.369 e. The summed E-state index contributed by atoms with van der Waals surface area (Å²) in [6.45, 7) is 5.72. The lowest BCUT2D eigenvalue weighted by atomic mass is 10.0. The normalized spacial score (nSPS) is 28.5. The highest BCUT2D eigenvalue weighted by molar-refractivity contribution is 5.21. The smallest absolute Gasteiger partial charge is 0.0811 e. The van der Waals surface area contributed by atoms with Crippen molar-refractivity contribution in [3.63, 3.8) is 0 Å². The van der Waals surface area contributed by atoms with E-state index in [0.717, 1.165) is 18.8 Å². The summed E-state index contributed by atoms with van der Waals surface area (Å²) in [4.78, 5) is 0. The minimum absolute atomic E-state index is 0.0663. The molecule has 94 valence electrons. The molecule has 1 aliphatic rings. The second-order valence-corrected chi connectivity index (χ2v) is 5.51. The van der Waals surface area contributed by atoms with Crippen molar-refractivity contribution in [3.05, 3.63) is 35.4 Å². The number of nitrogens with two attached hydrogens (primary N) is 1. The van der Waals surface area contributed by atoms with Gasteiger partial charge in [0.1, 0.15) is 0 Å². The SMILES string of the molecule is Cc1cccc(COC2(CN)CCC(C)C2)c1. The lowest BCUT2D eigenvalue weighted by Crippen LogP contribution is -2.38. The number of ether oxygens (including phenoxy) is 1. The van der Waals surface area contributed by atoms with Crippen molar-refractivity contribution in [3.8, 4) is 0 Å². The molecular weight excluding hydrogens is 210 g/mol. The Morgan fingerprint density at radius 2 is 2.29 bits per heavy atom. The molecule has 17 heavy (non-hydrogen) atoms. The van der Waals surface area contributed by atoms with Crippen molar-refractivity contribution in [1.29, 1.82) is 0 Å². The van der Waals surface area contributed by atoms with Crippen molar-refractivity contribution in [2.45, 2.75) is 45.3 Å². The molecule has 0 aromatic heterocycles. The molecule has 1 saturated carbocycles. The molecule has 0 saturated heterocycles. The van der Waals surface area contributed by atoms with E-state index in [9.17, 15) is 0 Å². The van der Waals surface area contributed by atoms with E-state index in [2.05, 4.69) is 38.1 Å². The lowest BCUT2D eigenvalue weighted by molar-refractivity contribution is -0.0471. The first-order chi connectivity index (χ1) is 8.13. The van der Waals surface area contributed by atoms with E-state index in [1.54, 1.807) is 0 Å². The zero-order chi connectivity index (χ0) is 12.3. The Bertz CT molecular complexity index is 377. The third-order valence-electron chi connectivity index (χ3n) is 3.81. The van der Waals surface area contributed by atoms with Gasteiger partial charge in [-0.25, -0.2) is 0 Å². The molecule has 2 nitrogen and oxygen atoms in total. The molecule has 2 heteroatoms. The van der Waals surface area contributed by atoms with Crippen LogP contribution >= 0.6 is 0 Å². The third-order valence-corrected chi connectivity index (χ3v) is 3.81. The summed E-state index contributed by atoms with van der Waals surface area (Å²) in [6, 6.07) is 8.50. The minimum atomic E-state index is -0.0663. The Labute approximate surface area is 104 Å². The van der Waals surface area contributed by atoms with Crippen LogP contribution in [0.3, 0.4) is 0 Å². The van der Waals surface area contributed by atoms with Crippen LogP contribution in [-0.4, -0.2) is 12.1 Å². The second kappa shape index (κ2) is 5.19. The van der Waals surface area contributed by atoms with Gasteiger partial charge in [-0.2, -0.15) is 0 Å². The number of hydrogen-bond acceptors (Lipinski definition) is 2. The zero-order valence-electron chi connectivity index (χ0n) is 10.9. The molecule has 2 rings (SSSR count). The van der Waals surface area contributed by atoms with Crippen molar-refractivity contribution >= 4 is 0 Å². The van der Waals surface area contributed by atoms with E-state index in [-0.39, 0.29) is 5.60 Å². The molecule has 0 bridgehead atoms. The van der Waals surface area contributed by atoms with Gasteiger partial charge in [0.15, 0.2) is 0 Å². The lowest BCUT2D eigenvalue weighted by Gasteiger charge is -2.28. The minimum Gasteiger partial charge on any atom is -0.369 e. The zero-order valence-corrected chi connectivity index (χ0v) is 10.9. The van der Waals surface area contributed by atoms with Gasteiger partial charge in [0, 0.05) is 6.54 Å². The summed E-state index contributed by atoms with van der Waals surface area (Å²) >= 11 is 0. The van der Waals surface area contributed by atoms with Gasteiger partial charge in [0.2, 0.25) is 0 Å². The number of hydrogen-bond donors (Lipinski definition) is 1. The highest BCUT2D eigenvalue weighted by Gasteiger charge is 2.37. The third kappa shape index (κ3) is 3.08. The Kier molecular flexibility index (Phi) is 3.85. The average molecular weight is 233 g/mol. The van der Waals surface area contributed by atoms with Crippen molar-refractivity contribution in [2.24, 2.45) is 11.7 Å². The standard InChI is InChI=1S/C15H23NO/c1-12-4-3-5-14(8-12)10-17-15(11-16)7-6-13(2)9-15/h3-5,8,13H,6-7,9-11,16H2,1-2H3. The molecule has 0 aliphatic heterocycles. The molecule has 1 aromatic carbocycles. The van der Waals surface area contributed by atoms with Gasteiger partial charge in [-0.1, -0.05) is 36.8 Å². The summed E-state index contributed by atoms with van der Waals surface area (Å²) < 4.78 is 6.13. The van der Waals surface area contributed by atoms with Gasteiger partial charge in [0.05, 0.1) is 12.2 Å². The highest BCUT2D eigenvalue weighted by Crippen LogP contribution is 2.37. The quantitative estimate of drug-likeness (QED) is 0.867. The molecule has 1 aliphatic carbocycles. The predicted octanol–water partition coefficient (Wildman–Crippen LogP) is 3.03. The molecule has 0 radical (unpaired) electrons. The summed E-state index contributed by atoms with van der Waals surface area (Å²) in [5.41, 5.74) is 8.37. The summed E-state index contributed by atoms with van der Waals surface area (Å²) in [5, 5.41) is 0. The number of benzene rings is 1. The fourth-order valence-corrected chi connectivity index (χ4v) is 2.76. The Morgan fingerprint density at radius 1 is 1.47 bits per heavy atom. The van der Waals surface area contributed by atoms with Crippen molar-refractivity contribution in [2.75, 3.05) is 6.54 Å². The van der Waals surface area contributed by atoms with E-state index < -0.39 is 0 Å². The predicted molar refractivity (Wildman–Crippen MR) is 70.8 cm³/mol. The van der Waals surface area contributed by atoms with E-state index in [1.807, 2.05) is 0 Å². The van der Waals surface area contributed by atoms with E-state index in [0.29, 0.717) is 13.2 Å². The maximum absolute atomic E-state index is 6.13. The van der Waals surface area contributed by atoms with E-state index in [4.69, 9.17) is 10.5 Å². The second-order valence-electron chi connectivity index (χ2n) is 5.51. The molecule has 2 N–H and O–H groups in total. The van der Waals surface area contributed by atoms with Crippen LogP contribution in [0, 0.1) is 12.8 Å². The first-order valence-corrected chi connectivity index (χ1v) is 6.53. The van der Waals surface area contributed by atoms with Gasteiger partial charge in [-0.3, -0.25) is 0 Å². The maximum atomic E-state index is 6.13. The van der Waals surface area contributed by atoms with Gasteiger partial charge < -0.3 is 10.5 Å². The van der Waals surface area contributed by atoms with Gasteiger partial charge in [-0.15, -0.1) is 0 Å². The van der Waals surface area contributed by atoms with Crippen LogP contribution in [0.25, 0.3) is 0 Å². The van der Waals surface area contributed by atoms with Gasteiger partial charge >= 0.3 is 0 Å². The van der Waals surface area contributed by atoms with Crippen molar-refractivity contribution in [1.82, 2.24) is 0 Å². The van der Waals surface area contributed by atoms with Crippen molar-refractivity contribution < 1.29 is 4.74 Å². The van der Waals surface area contributed by atoms with E-state index in [1.165, 1.54) is 17.5 Å². The molecule has 0 heterocycles. The highest BCUT2D eigenvalue weighted by atomic mass is 16.5. The fraction of sp³-hybridized carbons (Fsp3) is 0.600. The Balaban J connectivity index is 1.97. The van der Waals surface area contributed by atoms with Crippen LogP contribution in [0.1, 0.15) is 37.3 Å². The molecular formula is C15H23NO. The molecule has 2 unspecified atom stereocenters. The molecule has 1 aromatic rings. The molecule has 1 fully saturated rings. The monoisotopic (exact) mass is 233 g/mol. The topological polar surface area (TPSA) is 35.2 Å². The number of aryl methyl sites for hydroxylation is 1. The maximum Gasteiger partial charge on any atom is 0.0811 e. The fourth-order valence-electron chi connectivity index (χ4n) is 2.76. The van der Waals surface area contributed by atoms with Crippen LogP contribution < -0.4 is 5.73 Å². The van der Waals surface area contributed by atoms with Crippen LogP contribution in [-0.2, 0) is 11.3 Å². The summed E-state index contributed by atoms with van der Waals surface area (Å²) in [7, 11) is 0. The van der Waals surface area contributed by atoms with Crippen LogP contribution in [0.2, 0.25) is 0 Å².